The molecule has 1 N–H and O–H groups in total. The number of benzene rings is 1. The lowest BCUT2D eigenvalue weighted by Crippen LogP contribution is -2.03. The van der Waals surface area contributed by atoms with Crippen LogP contribution < -0.4 is 5.32 Å². The molecule has 1 rings (SSSR count). The maximum Gasteiger partial charge on any atom is 0.330 e. The number of nitrogens with one attached hydrogen (secondary N) is 1. The van der Waals surface area contributed by atoms with E-state index in [1.807, 2.05) is 24.3 Å². The van der Waals surface area contributed by atoms with E-state index in [9.17, 15) is 9.59 Å². The van der Waals surface area contributed by atoms with Crippen molar-refractivity contribution >= 4 is 17.9 Å². The molecular formula is C16H21NO3. The molecule has 4 heteroatoms. The molecule has 1 aromatic carbocycles. The Hall–Kier alpha value is -2.10. The molecule has 20 heavy (non-hydrogen) atoms. The van der Waals surface area contributed by atoms with E-state index in [4.69, 9.17) is 4.74 Å². The van der Waals surface area contributed by atoms with Gasteiger partial charge in [-0.2, -0.15) is 0 Å². The highest BCUT2D eigenvalue weighted by atomic mass is 16.5. The van der Waals surface area contributed by atoms with Gasteiger partial charge in [-0.05, 0) is 38.3 Å². The first kappa shape index (κ1) is 16.0. The van der Waals surface area contributed by atoms with Crippen LogP contribution in [0.25, 0.3) is 0 Å². The summed E-state index contributed by atoms with van der Waals surface area (Å²) in [5.41, 5.74) is 1.54. The average molecular weight is 275 g/mol. The molecule has 0 aromatic heterocycles. The van der Waals surface area contributed by atoms with Crippen LogP contribution in [-0.4, -0.2) is 25.4 Å². The second kappa shape index (κ2) is 9.78. The summed E-state index contributed by atoms with van der Waals surface area (Å²) in [4.78, 5) is 21.9. The van der Waals surface area contributed by atoms with E-state index in [-0.39, 0.29) is 5.97 Å². The predicted molar refractivity (Wildman–Crippen MR) is 79.9 cm³/mol. The van der Waals surface area contributed by atoms with Crippen LogP contribution in [0.15, 0.2) is 36.4 Å². The Morgan fingerprint density at radius 2 is 2.10 bits per heavy atom. The van der Waals surface area contributed by atoms with Crippen molar-refractivity contribution in [2.24, 2.45) is 0 Å². The Kier molecular flexibility index (Phi) is 7.80. The van der Waals surface area contributed by atoms with E-state index in [0.29, 0.717) is 12.2 Å². The Bertz CT molecular complexity index is 455. The lowest BCUT2D eigenvalue weighted by atomic mass is 10.2. The number of aldehydes is 1. The SMILES string of the molecule is CCOC(=O)/C=C/CCCCNc1ccccc1C=O. The number of esters is 1. The third-order valence-corrected chi connectivity index (χ3v) is 2.74. The van der Waals surface area contributed by atoms with Crippen LogP contribution in [-0.2, 0) is 9.53 Å². The van der Waals surface area contributed by atoms with Crippen LogP contribution >= 0.6 is 0 Å². The van der Waals surface area contributed by atoms with Gasteiger partial charge in [0, 0.05) is 23.9 Å². The topological polar surface area (TPSA) is 55.4 Å². The van der Waals surface area contributed by atoms with Crippen LogP contribution in [0.1, 0.15) is 36.5 Å². The van der Waals surface area contributed by atoms with E-state index >= 15 is 0 Å². The molecule has 0 atom stereocenters. The van der Waals surface area contributed by atoms with E-state index in [1.165, 1.54) is 6.08 Å². The predicted octanol–water partition coefficient (Wildman–Crippen LogP) is 3.20. The normalized spacial score (nSPS) is 10.4. The summed E-state index contributed by atoms with van der Waals surface area (Å²) in [5, 5.41) is 3.24. The number of unbranched alkanes of at least 4 members (excludes halogenated alkanes) is 2. The fourth-order valence-corrected chi connectivity index (χ4v) is 1.74. The van der Waals surface area contributed by atoms with Crippen molar-refractivity contribution in [3.05, 3.63) is 42.0 Å². The average Bonchev–Trinajstić information content (AvgIpc) is 2.47. The summed E-state index contributed by atoms with van der Waals surface area (Å²) >= 11 is 0. The van der Waals surface area contributed by atoms with E-state index in [2.05, 4.69) is 5.32 Å². The minimum atomic E-state index is -0.287. The molecule has 0 spiro atoms. The monoisotopic (exact) mass is 275 g/mol. The number of carbonyl (C=O) groups excluding carboxylic acids is 2. The molecule has 0 fully saturated rings. The third-order valence-electron chi connectivity index (χ3n) is 2.74. The summed E-state index contributed by atoms with van der Waals surface area (Å²) in [6, 6.07) is 7.42. The largest absolute Gasteiger partial charge is 0.463 e. The number of anilines is 1. The van der Waals surface area contributed by atoms with Gasteiger partial charge in [-0.15, -0.1) is 0 Å². The number of carbonyl (C=O) groups is 2. The fourth-order valence-electron chi connectivity index (χ4n) is 1.74. The molecule has 0 saturated heterocycles. The van der Waals surface area contributed by atoms with Gasteiger partial charge < -0.3 is 10.1 Å². The molecule has 0 aliphatic rings. The lowest BCUT2D eigenvalue weighted by molar-refractivity contribution is -0.137. The van der Waals surface area contributed by atoms with Gasteiger partial charge in [0.25, 0.3) is 0 Å². The van der Waals surface area contributed by atoms with Gasteiger partial charge in [0.15, 0.2) is 6.29 Å². The standard InChI is InChI=1S/C16H21NO3/c1-2-20-16(19)11-5-3-4-8-12-17-15-10-7-6-9-14(15)13-18/h5-7,9-11,13,17H,2-4,8,12H2,1H3/b11-5+. The zero-order valence-electron chi connectivity index (χ0n) is 11.8. The molecular weight excluding hydrogens is 254 g/mol. The Morgan fingerprint density at radius 3 is 2.85 bits per heavy atom. The van der Waals surface area contributed by atoms with Gasteiger partial charge in [-0.1, -0.05) is 18.2 Å². The molecule has 0 bridgehead atoms. The molecule has 4 nitrogen and oxygen atoms in total. The van der Waals surface area contributed by atoms with Gasteiger partial charge in [0.2, 0.25) is 0 Å². The number of hydrogen-bond donors (Lipinski definition) is 1. The Balaban J connectivity index is 2.16. The van der Waals surface area contributed by atoms with Gasteiger partial charge in [0.05, 0.1) is 6.61 Å². The van der Waals surface area contributed by atoms with Gasteiger partial charge in [0.1, 0.15) is 0 Å². The van der Waals surface area contributed by atoms with Crippen molar-refractivity contribution in [1.82, 2.24) is 0 Å². The van der Waals surface area contributed by atoms with Crippen molar-refractivity contribution in [3.8, 4) is 0 Å². The second-order valence-corrected chi connectivity index (χ2v) is 4.28. The third kappa shape index (κ3) is 6.18. The zero-order valence-corrected chi connectivity index (χ0v) is 11.8. The Morgan fingerprint density at radius 1 is 1.30 bits per heavy atom. The van der Waals surface area contributed by atoms with Crippen LogP contribution in [0.4, 0.5) is 5.69 Å². The number of ether oxygens (including phenoxy) is 1. The maximum absolute atomic E-state index is 11.0. The first-order chi connectivity index (χ1) is 9.77. The lowest BCUT2D eigenvalue weighted by Gasteiger charge is -2.07. The van der Waals surface area contributed by atoms with Gasteiger partial charge in [-0.3, -0.25) is 4.79 Å². The molecule has 0 saturated carbocycles. The van der Waals surface area contributed by atoms with E-state index in [0.717, 1.165) is 37.8 Å². The van der Waals surface area contributed by atoms with Crippen LogP contribution in [0, 0.1) is 0 Å². The summed E-state index contributed by atoms with van der Waals surface area (Å²) in [5.74, 6) is -0.287. The first-order valence-electron chi connectivity index (χ1n) is 6.89. The van der Waals surface area contributed by atoms with Crippen molar-refractivity contribution in [2.45, 2.75) is 26.2 Å². The molecule has 0 unspecified atom stereocenters. The highest BCUT2D eigenvalue weighted by Crippen LogP contribution is 2.12. The molecule has 0 aliphatic carbocycles. The highest BCUT2D eigenvalue weighted by Gasteiger charge is 1.98. The zero-order chi connectivity index (χ0) is 14.6. The fraction of sp³-hybridized carbons (Fsp3) is 0.375. The second-order valence-electron chi connectivity index (χ2n) is 4.28. The van der Waals surface area contributed by atoms with Crippen molar-refractivity contribution in [2.75, 3.05) is 18.5 Å². The smallest absolute Gasteiger partial charge is 0.330 e. The van der Waals surface area contributed by atoms with Crippen LogP contribution in [0.5, 0.6) is 0 Å². The van der Waals surface area contributed by atoms with E-state index in [1.54, 1.807) is 13.0 Å². The number of para-hydroxylation sites is 1. The summed E-state index contributed by atoms with van der Waals surface area (Å²) in [6.45, 7) is 3.00. The molecule has 0 heterocycles. The Labute approximate surface area is 119 Å². The van der Waals surface area contributed by atoms with Crippen LogP contribution in [0.3, 0.4) is 0 Å². The highest BCUT2D eigenvalue weighted by molar-refractivity contribution is 5.84. The summed E-state index contributed by atoms with van der Waals surface area (Å²) in [7, 11) is 0. The minimum absolute atomic E-state index is 0.287. The van der Waals surface area contributed by atoms with Gasteiger partial charge in [-0.25, -0.2) is 4.79 Å². The first-order valence-corrected chi connectivity index (χ1v) is 6.89. The maximum atomic E-state index is 11.0. The van der Waals surface area contributed by atoms with E-state index < -0.39 is 0 Å². The van der Waals surface area contributed by atoms with Crippen molar-refractivity contribution in [1.29, 1.82) is 0 Å². The molecule has 1 aromatic rings. The molecule has 0 radical (unpaired) electrons. The molecule has 108 valence electrons. The quantitative estimate of drug-likeness (QED) is 0.325. The number of rotatable bonds is 9. The number of allylic oxidation sites excluding steroid dienone is 1. The van der Waals surface area contributed by atoms with Gasteiger partial charge >= 0.3 is 5.97 Å². The minimum Gasteiger partial charge on any atom is -0.463 e. The van der Waals surface area contributed by atoms with Crippen molar-refractivity contribution in [3.63, 3.8) is 0 Å². The van der Waals surface area contributed by atoms with Crippen molar-refractivity contribution < 1.29 is 14.3 Å². The van der Waals surface area contributed by atoms with Crippen LogP contribution in [0.2, 0.25) is 0 Å². The molecule has 0 aliphatic heterocycles. The summed E-state index contributed by atoms with van der Waals surface area (Å²) in [6.07, 6.45) is 6.95. The summed E-state index contributed by atoms with van der Waals surface area (Å²) < 4.78 is 4.78. The number of hydrogen-bond acceptors (Lipinski definition) is 4. The molecule has 0 amide bonds.